The van der Waals surface area contributed by atoms with Gasteiger partial charge in [-0.3, -0.25) is 9.17 Å². The number of ether oxygens (including phenoxy) is 2. The minimum Gasteiger partial charge on any atom is -0.448 e. The van der Waals surface area contributed by atoms with Crippen molar-refractivity contribution in [2.45, 2.75) is 34.9 Å². The van der Waals surface area contributed by atoms with Crippen LogP contribution >= 0.6 is 34.8 Å². The van der Waals surface area contributed by atoms with Crippen molar-refractivity contribution in [2.24, 2.45) is 0 Å². The van der Waals surface area contributed by atoms with Gasteiger partial charge in [0.1, 0.15) is 18.1 Å². The molecule has 0 amide bonds. The monoisotopic (exact) mass is 630 g/mol. The molecular weight excluding hydrogens is 607 g/mol. The molecule has 7 nitrogen and oxygen atoms in total. The number of pyridine rings is 1. The zero-order chi connectivity index (χ0) is 28.8. The lowest BCUT2D eigenvalue weighted by atomic mass is 9.77. The molecule has 2 bridgehead atoms. The summed E-state index contributed by atoms with van der Waals surface area (Å²) in [4.78, 5) is 4.27. The number of alkyl halides is 3. The van der Waals surface area contributed by atoms with E-state index in [1.807, 2.05) is 79.0 Å². The van der Waals surface area contributed by atoms with Gasteiger partial charge in [0, 0.05) is 53.0 Å². The van der Waals surface area contributed by atoms with E-state index in [0.717, 1.165) is 39.1 Å². The van der Waals surface area contributed by atoms with Gasteiger partial charge in [-0.05, 0) is 48.4 Å². The van der Waals surface area contributed by atoms with Crippen molar-refractivity contribution in [3.63, 3.8) is 0 Å². The van der Waals surface area contributed by atoms with Crippen LogP contribution in [-0.4, -0.2) is 23.8 Å². The number of aromatic nitrogens is 1. The van der Waals surface area contributed by atoms with Crippen LogP contribution in [0.4, 0.5) is 0 Å². The average Bonchev–Trinajstić information content (AvgIpc) is 2.96. The van der Waals surface area contributed by atoms with Gasteiger partial charge in [0.25, 0.3) is 5.79 Å². The summed E-state index contributed by atoms with van der Waals surface area (Å²) in [5.74, 6) is 0.279. The Labute approximate surface area is 253 Å². The summed E-state index contributed by atoms with van der Waals surface area (Å²) in [5, 5.41) is 0. The van der Waals surface area contributed by atoms with E-state index in [4.69, 9.17) is 48.5 Å². The Kier molecular flexibility index (Phi) is 7.43. The van der Waals surface area contributed by atoms with Gasteiger partial charge in [0.05, 0.1) is 0 Å². The topological polar surface area (TPSA) is 86.8 Å². The fourth-order valence-corrected chi connectivity index (χ4v) is 6.66. The highest BCUT2D eigenvalue weighted by Gasteiger charge is 2.49. The lowest BCUT2D eigenvalue weighted by Crippen LogP contribution is -2.46. The lowest BCUT2D eigenvalue weighted by Gasteiger charge is -2.46. The zero-order valence-corrected chi connectivity index (χ0v) is 24.8. The molecule has 11 heteroatoms. The first-order chi connectivity index (χ1) is 19.5. The van der Waals surface area contributed by atoms with Crippen LogP contribution in [0, 0.1) is 0 Å². The van der Waals surface area contributed by atoms with Crippen molar-refractivity contribution in [1.82, 2.24) is 9.71 Å². The second-order valence-electron chi connectivity index (χ2n) is 10.0. The van der Waals surface area contributed by atoms with E-state index in [9.17, 15) is 8.42 Å². The largest absolute Gasteiger partial charge is 0.448 e. The molecule has 1 aromatic heterocycles. The van der Waals surface area contributed by atoms with Gasteiger partial charge >= 0.3 is 10.3 Å². The van der Waals surface area contributed by atoms with Crippen molar-refractivity contribution in [3.05, 3.63) is 114 Å². The summed E-state index contributed by atoms with van der Waals surface area (Å²) >= 11 is 17.0. The molecule has 0 spiro atoms. The smallest absolute Gasteiger partial charge is 0.336 e. The van der Waals surface area contributed by atoms with Crippen LogP contribution in [0.3, 0.4) is 0 Å². The van der Waals surface area contributed by atoms with Gasteiger partial charge in [0.15, 0.2) is 0 Å². The molecule has 0 saturated heterocycles. The van der Waals surface area contributed by atoms with Crippen LogP contribution < -0.4 is 14.2 Å². The summed E-state index contributed by atoms with van der Waals surface area (Å²) in [6.45, 7) is 1.10. The normalized spacial score (nSPS) is 20.2. The molecule has 6 rings (SSSR count). The Balaban J connectivity index is 1.40. The Hall–Kier alpha value is -2.85. The molecule has 0 fully saturated rings. The average molecular weight is 632 g/mol. The molecule has 0 aliphatic carbocycles. The van der Waals surface area contributed by atoms with Crippen LogP contribution in [0.1, 0.15) is 47.6 Å². The molecule has 2 aliphatic rings. The SMILES string of the molecule is CC(NS(=O)(=O)OCC(Cl)(Cl)Cl)c1ccc2c(c1)[C@@H]1C[C@](c3ccccc3)(Oc3ccc(-c4cccnc4)cc31)O2. The summed E-state index contributed by atoms with van der Waals surface area (Å²) in [5.41, 5.74) is 5.58. The predicted molar refractivity (Wildman–Crippen MR) is 159 cm³/mol. The molecule has 212 valence electrons. The van der Waals surface area contributed by atoms with E-state index in [0.29, 0.717) is 12.2 Å². The van der Waals surface area contributed by atoms with Gasteiger partial charge in [-0.25, -0.2) is 0 Å². The third kappa shape index (κ3) is 5.91. The van der Waals surface area contributed by atoms with Crippen LogP contribution in [0.2, 0.25) is 0 Å². The maximum atomic E-state index is 12.5. The quantitative estimate of drug-likeness (QED) is 0.217. The van der Waals surface area contributed by atoms with E-state index >= 15 is 0 Å². The number of hydrogen-bond acceptors (Lipinski definition) is 6. The third-order valence-corrected chi connectivity index (χ3v) is 8.62. The van der Waals surface area contributed by atoms with Gasteiger partial charge in [-0.2, -0.15) is 13.1 Å². The van der Waals surface area contributed by atoms with Crippen LogP contribution in [0.15, 0.2) is 91.3 Å². The van der Waals surface area contributed by atoms with E-state index in [-0.39, 0.29) is 5.92 Å². The van der Waals surface area contributed by atoms with Gasteiger partial charge < -0.3 is 9.47 Å². The molecule has 3 aromatic carbocycles. The van der Waals surface area contributed by atoms with Crippen LogP contribution in [0.5, 0.6) is 11.5 Å². The van der Waals surface area contributed by atoms with Gasteiger partial charge in [0.2, 0.25) is 3.79 Å². The fourth-order valence-electron chi connectivity index (χ4n) is 5.33. The number of fused-ring (bicyclic) bond motifs is 6. The van der Waals surface area contributed by atoms with E-state index in [2.05, 4.69) is 15.8 Å². The zero-order valence-electron chi connectivity index (χ0n) is 21.8. The van der Waals surface area contributed by atoms with Crippen LogP contribution in [0.25, 0.3) is 11.1 Å². The summed E-state index contributed by atoms with van der Waals surface area (Å²) in [6.07, 6.45) is 4.10. The Morgan fingerprint density at radius 2 is 1.68 bits per heavy atom. The van der Waals surface area contributed by atoms with Crippen molar-refractivity contribution >= 4 is 45.1 Å². The first-order valence-electron chi connectivity index (χ1n) is 12.9. The number of hydrogen-bond donors (Lipinski definition) is 1. The second-order valence-corrected chi connectivity index (χ2v) is 13.9. The van der Waals surface area contributed by atoms with Gasteiger partial charge in [-0.15, -0.1) is 0 Å². The van der Waals surface area contributed by atoms with E-state index in [1.165, 1.54) is 0 Å². The number of nitrogens with one attached hydrogen (secondary N) is 1. The minimum absolute atomic E-state index is 0.0938. The molecule has 1 N–H and O–H groups in total. The highest BCUT2D eigenvalue weighted by Crippen LogP contribution is 2.55. The van der Waals surface area contributed by atoms with E-state index in [1.54, 1.807) is 13.1 Å². The maximum Gasteiger partial charge on any atom is 0.336 e. The van der Waals surface area contributed by atoms with Crippen molar-refractivity contribution in [1.29, 1.82) is 0 Å². The van der Waals surface area contributed by atoms with E-state index < -0.39 is 32.5 Å². The summed E-state index contributed by atoms with van der Waals surface area (Å²) < 4.78 is 43.7. The maximum absolute atomic E-state index is 12.5. The Morgan fingerprint density at radius 3 is 2.37 bits per heavy atom. The van der Waals surface area contributed by atoms with Crippen LogP contribution in [-0.2, 0) is 20.3 Å². The van der Waals surface area contributed by atoms with Crippen molar-refractivity contribution in [2.75, 3.05) is 6.61 Å². The molecule has 1 unspecified atom stereocenters. The third-order valence-electron chi connectivity index (χ3n) is 7.22. The Morgan fingerprint density at radius 1 is 0.976 bits per heavy atom. The molecular formula is C30H25Cl3N2O5S. The Bertz CT molecular complexity index is 1680. The number of nitrogens with zero attached hydrogens (tertiary/aromatic N) is 1. The molecule has 2 aliphatic heterocycles. The molecule has 3 atom stereocenters. The van der Waals surface area contributed by atoms with Crippen molar-refractivity contribution in [3.8, 4) is 22.6 Å². The number of benzene rings is 3. The summed E-state index contributed by atoms with van der Waals surface area (Å²) in [7, 11) is -4.19. The number of halogens is 3. The first-order valence-corrected chi connectivity index (χ1v) is 15.4. The highest BCUT2D eigenvalue weighted by molar-refractivity contribution is 7.84. The predicted octanol–water partition coefficient (Wildman–Crippen LogP) is 7.19. The molecule has 3 heterocycles. The van der Waals surface area contributed by atoms with Gasteiger partial charge in [-0.1, -0.05) is 83.3 Å². The highest BCUT2D eigenvalue weighted by atomic mass is 35.6. The fraction of sp³-hybridized carbons (Fsp3) is 0.233. The summed E-state index contributed by atoms with van der Waals surface area (Å²) in [6, 6.07) is 24.9. The molecule has 0 radical (unpaired) electrons. The lowest BCUT2D eigenvalue weighted by molar-refractivity contribution is -0.148. The number of rotatable bonds is 7. The standard InChI is InChI=1S/C30H25Cl3N2O5S/c1-19(35-41(36,37)38-18-30(31,32)33)20-9-11-27-24(14-20)26-16-29(39-27,23-7-3-2-4-8-23)40-28-12-10-21(15-25(26)28)22-6-5-13-34-17-22/h2-15,17,19,26,35H,16,18H2,1H3/t19?,26-,29+/m0/s1. The molecule has 41 heavy (non-hydrogen) atoms. The van der Waals surface area contributed by atoms with Crippen molar-refractivity contribution < 1.29 is 22.1 Å². The second kappa shape index (κ2) is 10.8. The first kappa shape index (κ1) is 28.3. The molecule has 0 saturated carbocycles. The minimum atomic E-state index is -4.19. The molecule has 4 aromatic rings.